The second kappa shape index (κ2) is 15.2. The van der Waals surface area contributed by atoms with Gasteiger partial charge in [0.05, 0.1) is 23.6 Å². The van der Waals surface area contributed by atoms with Crippen molar-refractivity contribution >= 4 is 21.8 Å². The van der Waals surface area contributed by atoms with E-state index in [0.717, 1.165) is 25.9 Å². The highest BCUT2D eigenvalue weighted by Gasteiger charge is 2.35. The lowest BCUT2D eigenvalue weighted by atomic mass is 9.96. The maximum absolute atomic E-state index is 13.9. The number of hydrogen-bond acceptors (Lipinski definition) is 8. The van der Waals surface area contributed by atoms with Gasteiger partial charge < -0.3 is 25.2 Å². The van der Waals surface area contributed by atoms with Crippen LogP contribution >= 0.6 is 0 Å². The first kappa shape index (κ1) is 33.7. The van der Waals surface area contributed by atoms with Gasteiger partial charge in [0.2, 0.25) is 28.6 Å². The number of sulfonamides is 1. The average molecular weight is 631 g/mol. The van der Waals surface area contributed by atoms with Gasteiger partial charge >= 0.3 is 0 Å². The summed E-state index contributed by atoms with van der Waals surface area (Å²) in [6.45, 7) is 9.47. The van der Waals surface area contributed by atoms with E-state index in [0.29, 0.717) is 23.5 Å². The van der Waals surface area contributed by atoms with Crippen LogP contribution in [0.3, 0.4) is 0 Å². The van der Waals surface area contributed by atoms with Gasteiger partial charge in [0, 0.05) is 19.2 Å². The molecule has 1 unspecified atom stereocenters. The fraction of sp³-hybridized carbons (Fsp3) is 0.562. The zero-order valence-corrected chi connectivity index (χ0v) is 26.9. The third-order valence-corrected chi connectivity index (χ3v) is 9.99. The molecule has 0 saturated carbocycles. The molecule has 242 valence electrons. The highest BCUT2D eigenvalue weighted by atomic mass is 32.2. The monoisotopic (exact) mass is 630 g/mol. The van der Waals surface area contributed by atoms with Gasteiger partial charge in [-0.15, -0.1) is 0 Å². The minimum atomic E-state index is -4.05. The van der Waals surface area contributed by atoms with Crippen LogP contribution in [0.4, 0.5) is 0 Å². The summed E-state index contributed by atoms with van der Waals surface area (Å²) in [6.07, 6.45) is 1.45. The number of rotatable bonds is 15. The Morgan fingerprint density at radius 3 is 2.32 bits per heavy atom. The van der Waals surface area contributed by atoms with Crippen LogP contribution in [0.5, 0.6) is 11.5 Å². The first-order valence-corrected chi connectivity index (χ1v) is 16.9. The first-order valence-electron chi connectivity index (χ1n) is 15.4. The predicted molar refractivity (Wildman–Crippen MR) is 167 cm³/mol. The Morgan fingerprint density at radius 2 is 1.66 bits per heavy atom. The lowest BCUT2D eigenvalue weighted by molar-refractivity contribution is -0.131. The zero-order valence-electron chi connectivity index (χ0n) is 26.1. The fourth-order valence-corrected chi connectivity index (χ4v) is 7.19. The van der Waals surface area contributed by atoms with Gasteiger partial charge in [0.25, 0.3) is 0 Å². The number of aliphatic hydroxyl groups excluding tert-OH is 1. The topological polar surface area (TPSA) is 138 Å². The van der Waals surface area contributed by atoms with Crippen LogP contribution in [0, 0.1) is 11.8 Å². The van der Waals surface area contributed by atoms with E-state index in [4.69, 9.17) is 9.47 Å². The van der Waals surface area contributed by atoms with Crippen LogP contribution in [0.15, 0.2) is 53.4 Å². The minimum Gasteiger partial charge on any atom is -0.454 e. The van der Waals surface area contributed by atoms with Gasteiger partial charge in [-0.05, 0) is 55.5 Å². The molecule has 2 aliphatic rings. The van der Waals surface area contributed by atoms with E-state index < -0.39 is 34.1 Å². The lowest BCUT2D eigenvalue weighted by Crippen LogP contribution is -2.54. The number of nitrogens with one attached hydrogen (secondary N) is 2. The van der Waals surface area contributed by atoms with Crippen molar-refractivity contribution in [2.45, 2.75) is 70.0 Å². The molecule has 0 bridgehead atoms. The van der Waals surface area contributed by atoms with E-state index in [-0.39, 0.29) is 49.1 Å². The largest absolute Gasteiger partial charge is 0.454 e. The molecule has 44 heavy (non-hydrogen) atoms. The van der Waals surface area contributed by atoms with Gasteiger partial charge in [-0.2, -0.15) is 4.31 Å². The number of nitrogens with zero attached hydrogens (tertiary/aromatic N) is 2. The van der Waals surface area contributed by atoms with E-state index in [9.17, 15) is 23.1 Å². The Labute approximate surface area is 261 Å². The summed E-state index contributed by atoms with van der Waals surface area (Å²) < 4.78 is 39.7. The van der Waals surface area contributed by atoms with Crippen LogP contribution < -0.4 is 20.1 Å². The van der Waals surface area contributed by atoms with Crippen LogP contribution in [0.25, 0.3) is 0 Å². The van der Waals surface area contributed by atoms with Crippen molar-refractivity contribution in [2.75, 3.05) is 39.5 Å². The van der Waals surface area contributed by atoms with Crippen LogP contribution in [-0.2, 0) is 19.6 Å². The Hall–Kier alpha value is -3.19. The molecule has 0 aromatic heterocycles. The number of carbonyl (C=O) groups is 2. The molecular formula is C32H46N4O7S. The normalized spacial score (nSPS) is 17.8. The van der Waals surface area contributed by atoms with E-state index in [2.05, 4.69) is 15.5 Å². The van der Waals surface area contributed by atoms with Crippen molar-refractivity contribution in [3.8, 4) is 11.5 Å². The van der Waals surface area contributed by atoms with Crippen molar-refractivity contribution in [1.82, 2.24) is 19.8 Å². The maximum Gasteiger partial charge on any atom is 0.243 e. The minimum absolute atomic E-state index is 0.0159. The summed E-state index contributed by atoms with van der Waals surface area (Å²) in [4.78, 5) is 28.8. The SMILES string of the molecule is CCC(C)[C@H](NC(=O)CN1CCCC1)C(=O)N[C@@H](c1ccccc1)[C@H](O)CN(CC(C)C)S(=O)(=O)c1ccc2c(c1)OCO2. The number of fused-ring (bicyclic) bond motifs is 1. The van der Waals surface area contributed by atoms with Crippen LogP contribution in [-0.4, -0.2) is 86.2 Å². The summed E-state index contributed by atoms with van der Waals surface area (Å²) in [5.74, 6) is -0.0625. The Kier molecular flexibility index (Phi) is 11.6. The molecule has 1 saturated heterocycles. The van der Waals surface area contributed by atoms with Gasteiger partial charge in [0.15, 0.2) is 11.5 Å². The Morgan fingerprint density at radius 1 is 0.977 bits per heavy atom. The Bertz CT molecular complexity index is 1370. The molecule has 0 spiro atoms. The molecule has 2 aromatic rings. The van der Waals surface area contributed by atoms with Crippen molar-refractivity contribution in [1.29, 1.82) is 0 Å². The molecule has 4 rings (SSSR count). The number of benzene rings is 2. The first-order chi connectivity index (χ1) is 21.0. The lowest BCUT2D eigenvalue weighted by Gasteiger charge is -2.32. The molecule has 12 heteroatoms. The van der Waals surface area contributed by atoms with Crippen molar-refractivity contribution in [2.24, 2.45) is 11.8 Å². The maximum atomic E-state index is 13.9. The molecule has 11 nitrogen and oxygen atoms in total. The summed E-state index contributed by atoms with van der Waals surface area (Å²) in [5.41, 5.74) is 0.615. The predicted octanol–water partition coefficient (Wildman–Crippen LogP) is 2.91. The smallest absolute Gasteiger partial charge is 0.243 e. The van der Waals surface area contributed by atoms with Gasteiger partial charge in [-0.25, -0.2) is 8.42 Å². The summed E-state index contributed by atoms with van der Waals surface area (Å²) in [7, 11) is -4.05. The molecule has 0 radical (unpaired) electrons. The molecule has 2 heterocycles. The third-order valence-electron chi connectivity index (χ3n) is 8.16. The zero-order chi connectivity index (χ0) is 31.9. The van der Waals surface area contributed by atoms with Gasteiger partial charge in [-0.1, -0.05) is 64.4 Å². The molecular weight excluding hydrogens is 584 g/mol. The number of aliphatic hydroxyl groups is 1. The van der Waals surface area contributed by atoms with Crippen molar-refractivity contribution in [3.05, 3.63) is 54.1 Å². The van der Waals surface area contributed by atoms with Crippen LogP contribution in [0.1, 0.15) is 58.6 Å². The number of hydrogen-bond donors (Lipinski definition) is 3. The van der Waals surface area contributed by atoms with Crippen molar-refractivity contribution in [3.63, 3.8) is 0 Å². The molecule has 1 fully saturated rings. The molecule has 0 aliphatic carbocycles. The molecule has 2 aliphatic heterocycles. The van der Waals surface area contributed by atoms with E-state index in [1.54, 1.807) is 30.3 Å². The molecule has 2 aromatic carbocycles. The second-order valence-corrected chi connectivity index (χ2v) is 14.0. The van der Waals surface area contributed by atoms with Gasteiger partial charge in [0.1, 0.15) is 6.04 Å². The number of carbonyl (C=O) groups excluding carboxylic acids is 2. The summed E-state index contributed by atoms with van der Waals surface area (Å²) >= 11 is 0. The summed E-state index contributed by atoms with van der Waals surface area (Å²) in [6, 6.07) is 11.6. The number of likely N-dealkylation sites (tertiary alicyclic amines) is 1. The molecule has 4 atom stereocenters. The van der Waals surface area contributed by atoms with Crippen LogP contribution in [0.2, 0.25) is 0 Å². The Balaban J connectivity index is 1.56. The second-order valence-electron chi connectivity index (χ2n) is 12.1. The molecule has 3 N–H and O–H groups in total. The van der Waals surface area contributed by atoms with E-state index in [1.165, 1.54) is 16.4 Å². The summed E-state index contributed by atoms with van der Waals surface area (Å²) in [5, 5.41) is 17.5. The number of amides is 2. The quantitative estimate of drug-likeness (QED) is 0.273. The van der Waals surface area contributed by atoms with E-state index in [1.807, 2.05) is 33.8 Å². The standard InChI is InChI=1S/C32H46N4O7S/c1-5-23(4)30(33-29(38)20-35-15-9-10-16-35)32(39)34-31(24-11-7-6-8-12-24)26(37)19-36(18-22(2)3)44(40,41)25-13-14-27-28(17-25)43-21-42-27/h6-8,11-14,17,22-23,26,30-31,37H,5,9-10,15-16,18-21H2,1-4H3,(H,33,38)(H,34,39)/t23?,26-,30+,31+/m1/s1. The average Bonchev–Trinajstić information content (AvgIpc) is 3.69. The van der Waals surface area contributed by atoms with Gasteiger partial charge in [-0.3, -0.25) is 14.5 Å². The highest BCUT2D eigenvalue weighted by molar-refractivity contribution is 7.89. The fourth-order valence-electron chi connectivity index (χ4n) is 5.55. The number of ether oxygens (including phenoxy) is 2. The molecule has 2 amide bonds. The highest BCUT2D eigenvalue weighted by Crippen LogP contribution is 2.35. The van der Waals surface area contributed by atoms with Crippen molar-refractivity contribution < 1.29 is 32.6 Å². The third kappa shape index (κ3) is 8.50. The van der Waals surface area contributed by atoms with E-state index >= 15 is 0 Å².